The van der Waals surface area contributed by atoms with Crippen molar-refractivity contribution in [3.8, 4) is 0 Å². The first kappa shape index (κ1) is 12.5. The summed E-state index contributed by atoms with van der Waals surface area (Å²) in [6, 6.07) is 14.9. The zero-order valence-electron chi connectivity index (χ0n) is 11.4. The van der Waals surface area contributed by atoms with Crippen LogP contribution in [0.3, 0.4) is 0 Å². The van der Waals surface area contributed by atoms with Crippen LogP contribution in [0.15, 0.2) is 63.8 Å². The Bertz CT molecular complexity index is 925. The van der Waals surface area contributed by atoms with Crippen molar-refractivity contribution >= 4 is 28.9 Å². The number of hydrogen-bond donors (Lipinski definition) is 1. The van der Waals surface area contributed by atoms with E-state index in [-0.39, 0.29) is 5.91 Å². The van der Waals surface area contributed by atoms with Gasteiger partial charge in [-0.25, -0.2) is 9.62 Å². The second kappa shape index (κ2) is 4.92. The third-order valence-corrected chi connectivity index (χ3v) is 3.33. The molecule has 0 unspecified atom stereocenters. The maximum Gasteiger partial charge on any atom is 0.275 e. The summed E-state index contributed by atoms with van der Waals surface area (Å²) in [6.45, 7) is 0. The lowest BCUT2D eigenvalue weighted by atomic mass is 10.1. The quantitative estimate of drug-likeness (QED) is 0.733. The van der Waals surface area contributed by atoms with E-state index in [2.05, 4.69) is 25.3 Å². The van der Waals surface area contributed by atoms with Gasteiger partial charge in [-0.15, -0.1) is 0 Å². The SMILES string of the molecule is O=C1NC(c2ccccc2)=N/C1=C\c1ccc2nonc2c1. The largest absolute Gasteiger partial charge is 0.305 e. The minimum atomic E-state index is -0.225. The third kappa shape index (κ3) is 2.16. The van der Waals surface area contributed by atoms with Crippen LogP contribution >= 0.6 is 0 Å². The van der Waals surface area contributed by atoms with Gasteiger partial charge in [0.1, 0.15) is 22.6 Å². The molecule has 1 aliphatic heterocycles. The van der Waals surface area contributed by atoms with Crippen molar-refractivity contribution in [3.63, 3.8) is 0 Å². The van der Waals surface area contributed by atoms with Crippen LogP contribution in [0.1, 0.15) is 11.1 Å². The number of amidine groups is 1. The van der Waals surface area contributed by atoms with Gasteiger partial charge in [-0.3, -0.25) is 4.79 Å². The van der Waals surface area contributed by atoms with E-state index in [1.807, 2.05) is 36.4 Å². The van der Waals surface area contributed by atoms with Crippen molar-refractivity contribution in [1.29, 1.82) is 0 Å². The Morgan fingerprint density at radius 3 is 2.68 bits per heavy atom. The number of carbonyl (C=O) groups is 1. The van der Waals surface area contributed by atoms with Crippen LogP contribution in [-0.4, -0.2) is 22.1 Å². The number of nitrogens with zero attached hydrogens (tertiary/aromatic N) is 3. The van der Waals surface area contributed by atoms with Gasteiger partial charge in [0.2, 0.25) is 0 Å². The summed E-state index contributed by atoms with van der Waals surface area (Å²) in [4.78, 5) is 16.4. The van der Waals surface area contributed by atoms with E-state index < -0.39 is 0 Å². The highest BCUT2D eigenvalue weighted by Crippen LogP contribution is 2.17. The van der Waals surface area contributed by atoms with Crippen LogP contribution < -0.4 is 5.32 Å². The van der Waals surface area contributed by atoms with Crippen LogP contribution in [0, 0.1) is 0 Å². The Morgan fingerprint density at radius 2 is 1.82 bits per heavy atom. The molecule has 2 heterocycles. The Labute approximate surface area is 125 Å². The van der Waals surface area contributed by atoms with Gasteiger partial charge in [-0.1, -0.05) is 36.4 Å². The highest BCUT2D eigenvalue weighted by molar-refractivity contribution is 6.19. The summed E-state index contributed by atoms with van der Waals surface area (Å²) >= 11 is 0. The molecule has 1 aromatic heterocycles. The molecule has 6 heteroatoms. The Kier molecular flexibility index (Phi) is 2.79. The second-order valence-corrected chi connectivity index (χ2v) is 4.82. The van der Waals surface area contributed by atoms with Gasteiger partial charge in [0, 0.05) is 5.56 Å². The van der Waals surface area contributed by atoms with E-state index in [9.17, 15) is 4.79 Å². The first-order valence-corrected chi connectivity index (χ1v) is 6.69. The topological polar surface area (TPSA) is 80.4 Å². The van der Waals surface area contributed by atoms with E-state index in [4.69, 9.17) is 0 Å². The molecule has 0 saturated carbocycles. The maximum absolute atomic E-state index is 12.0. The smallest absolute Gasteiger partial charge is 0.275 e. The molecule has 6 nitrogen and oxygen atoms in total. The average molecular weight is 290 g/mol. The number of aliphatic imine (C=N–C) groups is 1. The molecule has 0 aliphatic carbocycles. The molecule has 22 heavy (non-hydrogen) atoms. The molecule has 0 saturated heterocycles. The fourth-order valence-electron chi connectivity index (χ4n) is 2.25. The number of benzene rings is 2. The first-order chi connectivity index (χ1) is 10.8. The Hall–Kier alpha value is -3.28. The fourth-order valence-corrected chi connectivity index (χ4v) is 2.25. The fraction of sp³-hybridized carbons (Fsp3) is 0. The van der Waals surface area contributed by atoms with Gasteiger partial charge >= 0.3 is 0 Å². The molecule has 0 spiro atoms. The van der Waals surface area contributed by atoms with Crippen LogP contribution in [-0.2, 0) is 4.79 Å². The molecule has 0 fully saturated rings. The molecular weight excluding hydrogens is 280 g/mol. The summed E-state index contributed by atoms with van der Waals surface area (Å²) in [6.07, 6.45) is 1.71. The highest BCUT2D eigenvalue weighted by Gasteiger charge is 2.20. The molecule has 4 rings (SSSR count). The van der Waals surface area contributed by atoms with Gasteiger partial charge < -0.3 is 5.32 Å². The third-order valence-electron chi connectivity index (χ3n) is 3.33. The van der Waals surface area contributed by atoms with Crippen molar-refractivity contribution < 1.29 is 9.42 Å². The number of nitrogens with one attached hydrogen (secondary N) is 1. The zero-order valence-corrected chi connectivity index (χ0v) is 11.4. The molecule has 1 amide bonds. The minimum absolute atomic E-state index is 0.225. The number of amides is 1. The molecular formula is C16H10N4O2. The van der Waals surface area contributed by atoms with E-state index in [1.165, 1.54) is 0 Å². The lowest BCUT2D eigenvalue weighted by Crippen LogP contribution is -2.24. The second-order valence-electron chi connectivity index (χ2n) is 4.82. The monoisotopic (exact) mass is 290 g/mol. The number of hydrogen-bond acceptors (Lipinski definition) is 5. The van der Waals surface area contributed by atoms with E-state index >= 15 is 0 Å². The highest BCUT2D eigenvalue weighted by atomic mass is 16.6. The lowest BCUT2D eigenvalue weighted by Gasteiger charge is -1.98. The summed E-state index contributed by atoms with van der Waals surface area (Å²) in [5.41, 5.74) is 3.35. The molecule has 2 aromatic carbocycles. The van der Waals surface area contributed by atoms with Crippen LogP contribution in [0.4, 0.5) is 0 Å². The molecule has 0 radical (unpaired) electrons. The van der Waals surface area contributed by atoms with Gasteiger partial charge in [0.15, 0.2) is 0 Å². The zero-order chi connectivity index (χ0) is 14.9. The molecule has 1 aliphatic rings. The number of fused-ring (bicyclic) bond motifs is 1. The summed E-state index contributed by atoms with van der Waals surface area (Å²) in [5.74, 6) is 0.332. The molecule has 1 N–H and O–H groups in total. The average Bonchev–Trinajstić information content (AvgIpc) is 3.15. The minimum Gasteiger partial charge on any atom is -0.305 e. The molecule has 106 valence electrons. The maximum atomic E-state index is 12.0. The predicted molar refractivity (Wildman–Crippen MR) is 80.9 cm³/mol. The summed E-state index contributed by atoms with van der Waals surface area (Å²) < 4.78 is 4.66. The van der Waals surface area contributed by atoms with Crippen molar-refractivity contribution in [1.82, 2.24) is 15.6 Å². The Morgan fingerprint density at radius 1 is 1.00 bits per heavy atom. The number of rotatable bonds is 2. The van der Waals surface area contributed by atoms with Crippen molar-refractivity contribution in [3.05, 3.63) is 65.4 Å². The summed E-state index contributed by atoms with van der Waals surface area (Å²) in [5, 5.41) is 10.3. The van der Waals surface area contributed by atoms with Gasteiger partial charge in [0.25, 0.3) is 5.91 Å². The predicted octanol–water partition coefficient (Wildman–Crippen LogP) is 2.14. The van der Waals surface area contributed by atoms with Gasteiger partial charge in [-0.05, 0) is 34.1 Å². The lowest BCUT2D eigenvalue weighted by molar-refractivity contribution is -0.115. The normalized spacial score (nSPS) is 16.1. The molecule has 3 aromatic rings. The summed E-state index contributed by atoms with van der Waals surface area (Å²) in [7, 11) is 0. The van der Waals surface area contributed by atoms with E-state index in [0.717, 1.165) is 11.1 Å². The van der Waals surface area contributed by atoms with Crippen molar-refractivity contribution in [2.75, 3.05) is 0 Å². The van der Waals surface area contributed by atoms with Crippen molar-refractivity contribution in [2.24, 2.45) is 4.99 Å². The van der Waals surface area contributed by atoms with Crippen molar-refractivity contribution in [2.45, 2.75) is 0 Å². The van der Waals surface area contributed by atoms with E-state index in [1.54, 1.807) is 18.2 Å². The van der Waals surface area contributed by atoms with Crippen LogP contribution in [0.25, 0.3) is 17.1 Å². The number of aromatic nitrogens is 2. The standard InChI is InChI=1S/C16H10N4O2/c21-16-14(17-15(18-16)11-4-2-1-3-5-11)9-10-6-7-12-13(8-10)20-22-19-12/h1-9H,(H,17,18,21)/b14-9-. The van der Waals surface area contributed by atoms with E-state index in [0.29, 0.717) is 22.6 Å². The Balaban J connectivity index is 1.71. The molecule has 0 atom stereocenters. The van der Waals surface area contributed by atoms with Crippen LogP contribution in [0.2, 0.25) is 0 Å². The van der Waals surface area contributed by atoms with Gasteiger partial charge in [0.05, 0.1) is 0 Å². The van der Waals surface area contributed by atoms with Crippen LogP contribution in [0.5, 0.6) is 0 Å². The molecule has 0 bridgehead atoms. The first-order valence-electron chi connectivity index (χ1n) is 6.69. The number of carbonyl (C=O) groups excluding carboxylic acids is 1. The van der Waals surface area contributed by atoms with Gasteiger partial charge in [-0.2, -0.15) is 0 Å².